The van der Waals surface area contributed by atoms with Crippen LogP contribution in [0.5, 0.6) is 0 Å². The minimum Gasteiger partial charge on any atom is -0.366 e. The molecule has 3 aromatic rings. The number of likely N-dealkylation sites (tertiary alicyclic amines) is 1. The predicted octanol–water partition coefficient (Wildman–Crippen LogP) is 3.95. The van der Waals surface area contributed by atoms with E-state index in [1.165, 1.54) is 32.4 Å². The molecule has 0 atom stereocenters. The molecule has 2 saturated heterocycles. The van der Waals surface area contributed by atoms with Crippen LogP contribution >= 0.6 is 0 Å². The van der Waals surface area contributed by atoms with Crippen LogP contribution in [0.2, 0.25) is 0 Å². The van der Waals surface area contributed by atoms with Crippen LogP contribution in [-0.4, -0.2) is 52.2 Å². The molecule has 32 heavy (non-hydrogen) atoms. The SMILES string of the molecule is O=c1[nH]nc(-c2ccc(N3CCC(N4CCCCC4)CC3)c([N+](=O)[O-])c2)c2ccccc12. The number of anilines is 1. The summed E-state index contributed by atoms with van der Waals surface area (Å²) >= 11 is 0. The molecule has 0 saturated carbocycles. The molecule has 0 bridgehead atoms. The van der Waals surface area contributed by atoms with Crippen molar-refractivity contribution in [2.75, 3.05) is 31.1 Å². The van der Waals surface area contributed by atoms with Gasteiger partial charge >= 0.3 is 0 Å². The van der Waals surface area contributed by atoms with Gasteiger partial charge in [-0.25, -0.2) is 5.10 Å². The number of nitrogens with one attached hydrogen (secondary N) is 1. The summed E-state index contributed by atoms with van der Waals surface area (Å²) in [7, 11) is 0. The molecule has 1 aromatic heterocycles. The van der Waals surface area contributed by atoms with Crippen molar-refractivity contribution in [3.63, 3.8) is 0 Å². The molecule has 2 aliphatic heterocycles. The van der Waals surface area contributed by atoms with Gasteiger partial charge in [-0.3, -0.25) is 14.9 Å². The summed E-state index contributed by atoms with van der Waals surface area (Å²) in [5.74, 6) is 0. The second-order valence-corrected chi connectivity index (χ2v) is 8.72. The Hall–Kier alpha value is -3.26. The Balaban J connectivity index is 1.43. The van der Waals surface area contributed by atoms with Crippen LogP contribution in [0.1, 0.15) is 32.1 Å². The lowest BCUT2D eigenvalue weighted by molar-refractivity contribution is -0.384. The van der Waals surface area contributed by atoms with E-state index in [9.17, 15) is 14.9 Å². The first kappa shape index (κ1) is 20.6. The molecule has 166 valence electrons. The molecule has 2 aliphatic rings. The van der Waals surface area contributed by atoms with Crippen LogP contribution in [0.25, 0.3) is 22.0 Å². The molecule has 8 nitrogen and oxygen atoms in total. The van der Waals surface area contributed by atoms with Crippen molar-refractivity contribution in [2.24, 2.45) is 0 Å². The summed E-state index contributed by atoms with van der Waals surface area (Å²) in [6, 6.07) is 13.0. The Morgan fingerprint density at radius 1 is 0.969 bits per heavy atom. The zero-order chi connectivity index (χ0) is 22.1. The summed E-state index contributed by atoms with van der Waals surface area (Å²) in [4.78, 5) is 28.5. The topological polar surface area (TPSA) is 95.4 Å². The van der Waals surface area contributed by atoms with Gasteiger partial charge in [-0.15, -0.1) is 0 Å². The van der Waals surface area contributed by atoms with Gasteiger partial charge in [-0.2, -0.15) is 5.10 Å². The van der Waals surface area contributed by atoms with Crippen molar-refractivity contribution >= 4 is 22.1 Å². The lowest BCUT2D eigenvalue weighted by Gasteiger charge is -2.40. The second kappa shape index (κ2) is 8.70. The van der Waals surface area contributed by atoms with Crippen LogP contribution in [0, 0.1) is 10.1 Å². The van der Waals surface area contributed by atoms with Crippen molar-refractivity contribution in [1.82, 2.24) is 15.1 Å². The third kappa shape index (κ3) is 3.86. The van der Waals surface area contributed by atoms with E-state index in [1.54, 1.807) is 18.2 Å². The van der Waals surface area contributed by atoms with Gasteiger partial charge in [0.2, 0.25) is 0 Å². The van der Waals surface area contributed by atoms with E-state index in [2.05, 4.69) is 20.0 Å². The van der Waals surface area contributed by atoms with Gasteiger partial charge < -0.3 is 9.80 Å². The average Bonchev–Trinajstić information content (AvgIpc) is 2.85. The zero-order valence-electron chi connectivity index (χ0n) is 18.0. The fourth-order valence-electron chi connectivity index (χ4n) is 5.17. The number of aromatic nitrogens is 2. The summed E-state index contributed by atoms with van der Waals surface area (Å²) in [6.45, 7) is 4.00. The Labute approximate surface area is 186 Å². The van der Waals surface area contributed by atoms with Crippen molar-refractivity contribution in [3.05, 3.63) is 62.9 Å². The highest BCUT2D eigenvalue weighted by Gasteiger charge is 2.29. The standard InChI is InChI=1S/C24H27N5O3/c30-24-20-7-3-2-6-19(20)23(25-26-24)17-8-9-21(22(16-17)29(31)32)28-14-10-18(11-15-28)27-12-4-1-5-13-27/h2-3,6-9,16,18H,1,4-5,10-15H2,(H,26,30). The second-order valence-electron chi connectivity index (χ2n) is 8.72. The molecule has 5 rings (SSSR count). The summed E-state index contributed by atoms with van der Waals surface area (Å²) < 4.78 is 0. The van der Waals surface area contributed by atoms with Crippen LogP contribution in [-0.2, 0) is 0 Å². The number of hydrogen-bond acceptors (Lipinski definition) is 6. The smallest absolute Gasteiger partial charge is 0.293 e. The predicted molar refractivity (Wildman–Crippen MR) is 125 cm³/mol. The van der Waals surface area contributed by atoms with E-state index in [0.717, 1.165) is 25.9 Å². The summed E-state index contributed by atoms with van der Waals surface area (Å²) in [5.41, 5.74) is 1.63. The molecule has 3 heterocycles. The van der Waals surface area contributed by atoms with E-state index >= 15 is 0 Å². The van der Waals surface area contributed by atoms with Gasteiger partial charge in [0.15, 0.2) is 0 Å². The number of nitro groups is 1. The van der Waals surface area contributed by atoms with Crippen LogP contribution in [0.15, 0.2) is 47.3 Å². The number of hydrogen-bond donors (Lipinski definition) is 1. The maximum absolute atomic E-state index is 12.1. The van der Waals surface area contributed by atoms with Gasteiger partial charge in [0.05, 0.1) is 16.0 Å². The van der Waals surface area contributed by atoms with Crippen molar-refractivity contribution < 1.29 is 4.92 Å². The molecule has 0 unspecified atom stereocenters. The van der Waals surface area contributed by atoms with Crippen LogP contribution in [0.3, 0.4) is 0 Å². The van der Waals surface area contributed by atoms with E-state index in [-0.39, 0.29) is 16.2 Å². The average molecular weight is 434 g/mol. The van der Waals surface area contributed by atoms with Gasteiger partial charge in [-0.1, -0.05) is 30.7 Å². The highest BCUT2D eigenvalue weighted by molar-refractivity contribution is 5.94. The number of benzene rings is 2. The first-order valence-corrected chi connectivity index (χ1v) is 11.4. The van der Waals surface area contributed by atoms with E-state index in [4.69, 9.17) is 0 Å². The fourth-order valence-corrected chi connectivity index (χ4v) is 5.17. The molecule has 0 amide bonds. The van der Waals surface area contributed by atoms with Crippen LogP contribution < -0.4 is 10.5 Å². The molecule has 0 aliphatic carbocycles. The molecular formula is C24H27N5O3. The molecule has 2 aromatic carbocycles. The third-order valence-electron chi connectivity index (χ3n) is 6.85. The number of H-pyrrole nitrogens is 1. The van der Waals surface area contributed by atoms with Gasteiger partial charge in [0, 0.05) is 36.1 Å². The van der Waals surface area contributed by atoms with E-state index in [0.29, 0.717) is 33.8 Å². The van der Waals surface area contributed by atoms with Crippen molar-refractivity contribution in [2.45, 2.75) is 38.1 Å². The highest BCUT2D eigenvalue weighted by Crippen LogP contribution is 2.36. The van der Waals surface area contributed by atoms with E-state index in [1.807, 2.05) is 24.3 Å². The van der Waals surface area contributed by atoms with Crippen molar-refractivity contribution in [1.29, 1.82) is 0 Å². The monoisotopic (exact) mass is 433 g/mol. The van der Waals surface area contributed by atoms with Gasteiger partial charge in [0.1, 0.15) is 5.69 Å². The minimum absolute atomic E-state index is 0.0796. The number of fused-ring (bicyclic) bond motifs is 1. The summed E-state index contributed by atoms with van der Waals surface area (Å²) in [5, 5.41) is 19.9. The first-order chi connectivity index (χ1) is 15.6. The molecule has 1 N–H and O–H groups in total. The first-order valence-electron chi connectivity index (χ1n) is 11.4. The zero-order valence-corrected chi connectivity index (χ0v) is 18.0. The minimum atomic E-state index is -0.316. The quantitative estimate of drug-likeness (QED) is 0.494. The lowest BCUT2D eigenvalue weighted by Crippen LogP contribution is -2.46. The number of nitro benzene ring substituents is 1. The van der Waals surface area contributed by atoms with Gasteiger partial charge in [0.25, 0.3) is 11.2 Å². The molecule has 8 heteroatoms. The molecule has 0 spiro atoms. The van der Waals surface area contributed by atoms with Crippen molar-refractivity contribution in [3.8, 4) is 11.3 Å². The Bertz CT molecular complexity index is 1190. The normalized spacial score (nSPS) is 18.2. The van der Waals surface area contributed by atoms with E-state index < -0.39 is 0 Å². The molecular weight excluding hydrogens is 406 g/mol. The lowest BCUT2D eigenvalue weighted by atomic mass is 9.98. The number of rotatable bonds is 4. The largest absolute Gasteiger partial charge is 0.366 e. The Kier molecular flexibility index (Phi) is 5.61. The molecule has 0 radical (unpaired) electrons. The van der Waals surface area contributed by atoms with Gasteiger partial charge in [-0.05, 0) is 50.9 Å². The Morgan fingerprint density at radius 2 is 1.69 bits per heavy atom. The Morgan fingerprint density at radius 3 is 2.41 bits per heavy atom. The maximum Gasteiger partial charge on any atom is 0.293 e. The highest BCUT2D eigenvalue weighted by atomic mass is 16.6. The third-order valence-corrected chi connectivity index (χ3v) is 6.85. The number of piperidine rings is 2. The summed E-state index contributed by atoms with van der Waals surface area (Å²) in [6.07, 6.45) is 5.95. The van der Waals surface area contributed by atoms with Crippen LogP contribution in [0.4, 0.5) is 11.4 Å². The number of nitrogens with zero attached hydrogens (tertiary/aromatic N) is 4. The molecule has 2 fully saturated rings. The fraction of sp³-hybridized carbons (Fsp3) is 0.417. The number of aromatic amines is 1. The maximum atomic E-state index is 12.1.